The van der Waals surface area contributed by atoms with E-state index in [1.165, 1.54) is 11.0 Å². The molecule has 6 heteroatoms. The Labute approximate surface area is 81.1 Å². The zero-order valence-electron chi connectivity index (χ0n) is 7.49. The normalized spacial score (nSPS) is 12.5. The molecule has 1 heterocycles. The van der Waals surface area contributed by atoms with Gasteiger partial charge in [0.2, 0.25) is 5.91 Å². The first-order valence-electron chi connectivity index (χ1n) is 3.93. The molecule has 1 aromatic heterocycles. The SMILES string of the molecule is CCNC(=O)C(Cl)c1cnn(C)n1. The van der Waals surface area contributed by atoms with Crippen LogP contribution >= 0.6 is 11.6 Å². The van der Waals surface area contributed by atoms with E-state index in [0.29, 0.717) is 12.2 Å². The monoisotopic (exact) mass is 202 g/mol. The van der Waals surface area contributed by atoms with Crippen LogP contribution in [0.5, 0.6) is 0 Å². The summed E-state index contributed by atoms with van der Waals surface area (Å²) < 4.78 is 0. The number of hydrogen-bond donors (Lipinski definition) is 1. The minimum absolute atomic E-state index is 0.246. The molecule has 13 heavy (non-hydrogen) atoms. The Kier molecular flexibility index (Phi) is 3.25. The van der Waals surface area contributed by atoms with Crippen LogP contribution in [0.3, 0.4) is 0 Å². The zero-order valence-corrected chi connectivity index (χ0v) is 8.25. The first-order chi connectivity index (χ1) is 6.15. The number of nitrogens with zero attached hydrogens (tertiary/aromatic N) is 3. The fourth-order valence-electron chi connectivity index (χ4n) is 0.876. The number of amides is 1. The highest BCUT2D eigenvalue weighted by Crippen LogP contribution is 2.16. The Bertz CT molecular complexity index is 298. The maximum Gasteiger partial charge on any atom is 0.244 e. The molecule has 0 bridgehead atoms. The number of nitrogens with one attached hydrogen (secondary N) is 1. The average molecular weight is 203 g/mol. The second-order valence-electron chi connectivity index (χ2n) is 2.52. The van der Waals surface area contributed by atoms with Crippen LogP contribution in [-0.4, -0.2) is 27.4 Å². The molecule has 72 valence electrons. The predicted octanol–water partition coefficient (Wildman–Crippen LogP) is 0.231. The standard InChI is InChI=1S/C7H11ClN4O/c1-3-9-7(13)6(8)5-4-10-12(2)11-5/h4,6H,3H2,1-2H3,(H,9,13). The van der Waals surface area contributed by atoms with Gasteiger partial charge >= 0.3 is 0 Å². The summed E-state index contributed by atoms with van der Waals surface area (Å²) in [6, 6.07) is 0. The van der Waals surface area contributed by atoms with Crippen LogP contribution in [0.25, 0.3) is 0 Å². The maximum absolute atomic E-state index is 11.2. The third-order valence-electron chi connectivity index (χ3n) is 1.46. The summed E-state index contributed by atoms with van der Waals surface area (Å²) in [7, 11) is 1.67. The third kappa shape index (κ3) is 2.42. The molecule has 0 saturated heterocycles. The zero-order chi connectivity index (χ0) is 9.84. The van der Waals surface area contributed by atoms with E-state index >= 15 is 0 Å². The number of aromatic nitrogens is 3. The van der Waals surface area contributed by atoms with Gasteiger partial charge in [-0.05, 0) is 6.92 Å². The fourth-order valence-corrected chi connectivity index (χ4v) is 1.05. The number of carbonyl (C=O) groups excluding carboxylic acids is 1. The molecule has 0 aliphatic heterocycles. The van der Waals surface area contributed by atoms with Gasteiger partial charge in [0.05, 0.1) is 6.20 Å². The molecule has 1 N–H and O–H groups in total. The number of rotatable bonds is 3. The van der Waals surface area contributed by atoms with Crippen molar-refractivity contribution < 1.29 is 4.79 Å². The number of carbonyl (C=O) groups is 1. The quantitative estimate of drug-likeness (QED) is 0.714. The van der Waals surface area contributed by atoms with Crippen LogP contribution in [0, 0.1) is 0 Å². The van der Waals surface area contributed by atoms with Crippen molar-refractivity contribution >= 4 is 17.5 Å². The van der Waals surface area contributed by atoms with Crippen LogP contribution in [0.15, 0.2) is 6.20 Å². The number of halogens is 1. The van der Waals surface area contributed by atoms with Crippen molar-refractivity contribution in [3.05, 3.63) is 11.9 Å². The summed E-state index contributed by atoms with van der Waals surface area (Å²) in [6.07, 6.45) is 1.48. The molecule has 0 saturated carbocycles. The van der Waals surface area contributed by atoms with Gasteiger partial charge in [-0.1, -0.05) is 0 Å². The van der Waals surface area contributed by atoms with Gasteiger partial charge in [-0.3, -0.25) is 4.79 Å². The Balaban J connectivity index is 2.67. The predicted molar refractivity (Wildman–Crippen MR) is 48.3 cm³/mol. The molecule has 1 atom stereocenters. The largest absolute Gasteiger partial charge is 0.355 e. The van der Waals surface area contributed by atoms with Crippen molar-refractivity contribution in [2.75, 3.05) is 6.54 Å². The van der Waals surface area contributed by atoms with Crippen molar-refractivity contribution in [1.82, 2.24) is 20.3 Å². The number of aryl methyl sites for hydroxylation is 1. The molecule has 0 spiro atoms. The first kappa shape index (κ1) is 9.98. The summed E-state index contributed by atoms with van der Waals surface area (Å²) in [4.78, 5) is 12.6. The maximum atomic E-state index is 11.2. The Morgan fingerprint density at radius 1 is 1.85 bits per heavy atom. The highest BCUT2D eigenvalue weighted by atomic mass is 35.5. The Morgan fingerprint density at radius 3 is 3.00 bits per heavy atom. The van der Waals surface area contributed by atoms with E-state index in [1.807, 2.05) is 6.92 Å². The summed E-state index contributed by atoms with van der Waals surface area (Å²) in [5, 5.41) is 9.60. The van der Waals surface area contributed by atoms with Gasteiger partial charge in [-0.25, -0.2) is 0 Å². The van der Waals surface area contributed by atoms with E-state index in [1.54, 1.807) is 7.05 Å². The first-order valence-corrected chi connectivity index (χ1v) is 4.36. The summed E-state index contributed by atoms with van der Waals surface area (Å²) >= 11 is 5.82. The average Bonchev–Trinajstić information content (AvgIpc) is 2.51. The topological polar surface area (TPSA) is 59.8 Å². The van der Waals surface area contributed by atoms with E-state index in [2.05, 4.69) is 15.5 Å². The molecule has 0 aliphatic carbocycles. The van der Waals surface area contributed by atoms with Crippen LogP contribution < -0.4 is 5.32 Å². The van der Waals surface area contributed by atoms with Crippen LogP contribution in [-0.2, 0) is 11.8 Å². The molecule has 0 aliphatic rings. The van der Waals surface area contributed by atoms with Crippen molar-refractivity contribution in [2.45, 2.75) is 12.3 Å². The van der Waals surface area contributed by atoms with Crippen molar-refractivity contribution in [1.29, 1.82) is 0 Å². The lowest BCUT2D eigenvalue weighted by Crippen LogP contribution is -2.26. The summed E-state index contributed by atoms with van der Waals surface area (Å²) in [5.41, 5.74) is 0.468. The van der Waals surface area contributed by atoms with Gasteiger partial charge in [-0.2, -0.15) is 15.0 Å². The van der Waals surface area contributed by atoms with E-state index in [9.17, 15) is 4.79 Å². The lowest BCUT2D eigenvalue weighted by Gasteiger charge is -2.04. The van der Waals surface area contributed by atoms with Gasteiger partial charge in [0.1, 0.15) is 5.69 Å². The van der Waals surface area contributed by atoms with Crippen LogP contribution in [0.4, 0.5) is 0 Å². The van der Waals surface area contributed by atoms with Crippen LogP contribution in [0.1, 0.15) is 18.0 Å². The van der Waals surface area contributed by atoms with E-state index < -0.39 is 5.38 Å². The minimum Gasteiger partial charge on any atom is -0.355 e. The summed E-state index contributed by atoms with van der Waals surface area (Å²) in [6.45, 7) is 2.39. The molecule has 0 aromatic carbocycles. The lowest BCUT2D eigenvalue weighted by atomic mass is 10.3. The van der Waals surface area contributed by atoms with Crippen molar-refractivity contribution in [3.63, 3.8) is 0 Å². The highest BCUT2D eigenvalue weighted by molar-refractivity contribution is 6.30. The molecule has 1 amide bonds. The van der Waals surface area contributed by atoms with Crippen molar-refractivity contribution in [3.8, 4) is 0 Å². The Morgan fingerprint density at radius 2 is 2.54 bits per heavy atom. The van der Waals surface area contributed by atoms with E-state index in [0.717, 1.165) is 0 Å². The molecule has 0 radical (unpaired) electrons. The van der Waals surface area contributed by atoms with Gasteiger partial charge < -0.3 is 5.32 Å². The van der Waals surface area contributed by atoms with Gasteiger partial charge in [0.25, 0.3) is 0 Å². The minimum atomic E-state index is -0.756. The second kappa shape index (κ2) is 4.23. The molecule has 5 nitrogen and oxygen atoms in total. The molecule has 1 rings (SSSR count). The fraction of sp³-hybridized carbons (Fsp3) is 0.571. The third-order valence-corrected chi connectivity index (χ3v) is 1.88. The highest BCUT2D eigenvalue weighted by Gasteiger charge is 2.19. The Hall–Kier alpha value is -1.10. The second-order valence-corrected chi connectivity index (χ2v) is 2.95. The smallest absolute Gasteiger partial charge is 0.244 e. The molecule has 1 aromatic rings. The van der Waals surface area contributed by atoms with Gasteiger partial charge in [0, 0.05) is 13.6 Å². The molecular formula is C7H11ClN4O. The molecule has 0 fully saturated rings. The van der Waals surface area contributed by atoms with Gasteiger partial charge in [-0.15, -0.1) is 11.6 Å². The molecule has 1 unspecified atom stereocenters. The van der Waals surface area contributed by atoms with Crippen molar-refractivity contribution in [2.24, 2.45) is 7.05 Å². The number of hydrogen-bond acceptors (Lipinski definition) is 3. The van der Waals surface area contributed by atoms with E-state index in [4.69, 9.17) is 11.6 Å². The summed E-state index contributed by atoms with van der Waals surface area (Å²) in [5.74, 6) is -0.246. The van der Waals surface area contributed by atoms with E-state index in [-0.39, 0.29) is 5.91 Å². The van der Waals surface area contributed by atoms with Crippen LogP contribution in [0.2, 0.25) is 0 Å². The molecular weight excluding hydrogens is 192 g/mol. The number of alkyl halides is 1. The van der Waals surface area contributed by atoms with Gasteiger partial charge in [0.15, 0.2) is 5.38 Å². The number of likely N-dealkylation sites (N-methyl/N-ethyl adjacent to an activating group) is 1. The lowest BCUT2D eigenvalue weighted by molar-refractivity contribution is -0.120.